The Balaban J connectivity index is 1.30. The van der Waals surface area contributed by atoms with Crippen molar-refractivity contribution < 1.29 is 4.39 Å². The summed E-state index contributed by atoms with van der Waals surface area (Å²) in [5.41, 5.74) is 11.0. The number of nitrogens with one attached hydrogen (secondary N) is 3. The van der Waals surface area contributed by atoms with E-state index in [1.165, 1.54) is 11.6 Å². The molecule has 0 aliphatic carbocycles. The highest BCUT2D eigenvalue weighted by Crippen LogP contribution is 2.34. The summed E-state index contributed by atoms with van der Waals surface area (Å²) in [5, 5.41) is 12.0. The van der Waals surface area contributed by atoms with Crippen molar-refractivity contribution in [3.05, 3.63) is 143 Å². The molecule has 208 valence electrons. The van der Waals surface area contributed by atoms with Crippen LogP contribution in [0.5, 0.6) is 0 Å². The maximum Gasteiger partial charge on any atom is 0.181 e. The van der Waals surface area contributed by atoms with Gasteiger partial charge in [0.15, 0.2) is 5.65 Å². The van der Waals surface area contributed by atoms with Gasteiger partial charge in [0, 0.05) is 59.5 Å². The van der Waals surface area contributed by atoms with Gasteiger partial charge in [-0.25, -0.2) is 9.37 Å². The van der Waals surface area contributed by atoms with Gasteiger partial charge in [0.25, 0.3) is 0 Å². The third kappa shape index (κ3) is 5.68. The monoisotopic (exact) mass is 554 g/mol. The zero-order chi connectivity index (χ0) is 29.1. The van der Waals surface area contributed by atoms with Crippen molar-refractivity contribution in [1.82, 2.24) is 30.5 Å². The number of fused-ring (bicyclic) bond motifs is 1. The molecule has 0 amide bonds. The van der Waals surface area contributed by atoms with E-state index in [4.69, 9.17) is 0 Å². The predicted octanol–water partition coefficient (Wildman–Crippen LogP) is 7.68. The number of aromatic amines is 2. The smallest absolute Gasteiger partial charge is 0.181 e. The first-order chi connectivity index (χ1) is 20.5. The van der Waals surface area contributed by atoms with Crippen LogP contribution in [0.3, 0.4) is 0 Å². The van der Waals surface area contributed by atoms with Crippen LogP contribution in [0, 0.1) is 19.7 Å². The SMILES string of the molecule is C=C/C=C(/c1cc(C)cc(F)c1)c1cc(-c2[nH]nc3ncc(-c4cncc(CNCc5ccccc5)c4)cc23)[nH]c1C. The summed E-state index contributed by atoms with van der Waals surface area (Å²) < 4.78 is 14.3. The van der Waals surface area contributed by atoms with Gasteiger partial charge in [-0.15, -0.1) is 0 Å². The molecule has 0 aliphatic heterocycles. The molecule has 6 rings (SSSR count). The molecule has 6 aromatic rings. The summed E-state index contributed by atoms with van der Waals surface area (Å²) in [6.07, 6.45) is 9.20. The van der Waals surface area contributed by atoms with Crippen LogP contribution in [0.4, 0.5) is 4.39 Å². The van der Waals surface area contributed by atoms with Crippen molar-refractivity contribution >= 4 is 16.6 Å². The number of halogens is 1. The summed E-state index contributed by atoms with van der Waals surface area (Å²) in [4.78, 5) is 12.6. The topological polar surface area (TPSA) is 82.3 Å². The normalized spacial score (nSPS) is 11.7. The Labute approximate surface area is 244 Å². The first-order valence-corrected chi connectivity index (χ1v) is 13.8. The van der Waals surface area contributed by atoms with Crippen molar-refractivity contribution in [2.45, 2.75) is 26.9 Å². The molecule has 0 aliphatic rings. The van der Waals surface area contributed by atoms with Gasteiger partial charge in [0.1, 0.15) is 5.82 Å². The Kier molecular flexibility index (Phi) is 7.58. The molecule has 4 aromatic heterocycles. The molecule has 0 saturated carbocycles. The van der Waals surface area contributed by atoms with E-state index in [1.54, 1.807) is 12.1 Å². The van der Waals surface area contributed by atoms with Crippen molar-refractivity contribution in [3.63, 3.8) is 0 Å². The van der Waals surface area contributed by atoms with Gasteiger partial charge >= 0.3 is 0 Å². The van der Waals surface area contributed by atoms with E-state index in [2.05, 4.69) is 67.4 Å². The van der Waals surface area contributed by atoms with Gasteiger partial charge in [-0.05, 0) is 72.0 Å². The lowest BCUT2D eigenvalue weighted by atomic mass is 9.96. The number of rotatable bonds is 9. The number of pyridine rings is 2. The van der Waals surface area contributed by atoms with Crippen LogP contribution < -0.4 is 5.32 Å². The van der Waals surface area contributed by atoms with E-state index in [9.17, 15) is 4.39 Å². The number of H-pyrrole nitrogens is 2. The van der Waals surface area contributed by atoms with Crippen LogP contribution in [-0.4, -0.2) is 25.1 Å². The van der Waals surface area contributed by atoms with Crippen LogP contribution in [0.1, 0.15) is 33.5 Å². The van der Waals surface area contributed by atoms with Crippen molar-refractivity contribution in [2.24, 2.45) is 0 Å². The molecule has 6 nitrogen and oxygen atoms in total. The summed E-state index contributed by atoms with van der Waals surface area (Å²) in [6, 6.07) is 21.7. The van der Waals surface area contributed by atoms with Crippen molar-refractivity contribution in [3.8, 4) is 22.5 Å². The van der Waals surface area contributed by atoms with Crippen molar-refractivity contribution in [1.29, 1.82) is 0 Å². The number of allylic oxidation sites excluding steroid dienone is 2. The summed E-state index contributed by atoms with van der Waals surface area (Å²) in [6.45, 7) is 9.28. The van der Waals surface area contributed by atoms with Gasteiger partial charge in [-0.1, -0.05) is 55.1 Å². The number of aryl methyl sites for hydroxylation is 2. The molecular weight excluding hydrogens is 523 g/mol. The minimum Gasteiger partial charge on any atom is -0.357 e. The molecular formula is C35H31FN6. The van der Waals surface area contributed by atoms with Crippen LogP contribution in [0.2, 0.25) is 0 Å². The molecule has 3 N–H and O–H groups in total. The lowest BCUT2D eigenvalue weighted by molar-refractivity contribution is 0.626. The number of nitrogens with zero attached hydrogens (tertiary/aromatic N) is 3. The highest BCUT2D eigenvalue weighted by molar-refractivity contribution is 5.94. The Morgan fingerprint density at radius 2 is 1.74 bits per heavy atom. The summed E-state index contributed by atoms with van der Waals surface area (Å²) >= 11 is 0. The molecule has 0 saturated heterocycles. The van der Waals surface area contributed by atoms with Gasteiger partial charge in [-0.2, -0.15) is 5.10 Å². The second kappa shape index (κ2) is 11.8. The number of hydrogen-bond donors (Lipinski definition) is 3. The molecule has 0 radical (unpaired) electrons. The zero-order valence-corrected chi connectivity index (χ0v) is 23.6. The lowest BCUT2D eigenvalue weighted by Crippen LogP contribution is -2.12. The molecule has 0 unspecified atom stereocenters. The van der Waals surface area contributed by atoms with Crippen LogP contribution in [0.15, 0.2) is 104 Å². The minimum atomic E-state index is -0.267. The highest BCUT2D eigenvalue weighted by atomic mass is 19.1. The van der Waals surface area contributed by atoms with Crippen LogP contribution in [0.25, 0.3) is 39.1 Å². The molecule has 0 bridgehead atoms. The Morgan fingerprint density at radius 1 is 0.929 bits per heavy atom. The second-order valence-corrected chi connectivity index (χ2v) is 10.4. The largest absolute Gasteiger partial charge is 0.357 e. The summed E-state index contributed by atoms with van der Waals surface area (Å²) in [5.74, 6) is -0.267. The quantitative estimate of drug-likeness (QED) is 0.160. The van der Waals surface area contributed by atoms with Gasteiger partial charge < -0.3 is 10.3 Å². The minimum absolute atomic E-state index is 0.267. The van der Waals surface area contributed by atoms with E-state index in [0.29, 0.717) is 12.2 Å². The van der Waals surface area contributed by atoms with Crippen LogP contribution in [-0.2, 0) is 13.1 Å². The van der Waals surface area contributed by atoms with Crippen LogP contribution >= 0.6 is 0 Å². The van der Waals surface area contributed by atoms with Crippen molar-refractivity contribution in [2.75, 3.05) is 0 Å². The zero-order valence-electron chi connectivity index (χ0n) is 23.6. The molecule has 4 heterocycles. The highest BCUT2D eigenvalue weighted by Gasteiger charge is 2.17. The van der Waals surface area contributed by atoms with E-state index < -0.39 is 0 Å². The number of hydrogen-bond acceptors (Lipinski definition) is 4. The first-order valence-electron chi connectivity index (χ1n) is 13.8. The van der Waals surface area contributed by atoms with Gasteiger partial charge in [0.2, 0.25) is 0 Å². The number of aromatic nitrogens is 5. The maximum atomic E-state index is 14.3. The second-order valence-electron chi connectivity index (χ2n) is 10.4. The van der Waals surface area contributed by atoms with Gasteiger partial charge in [0.05, 0.1) is 11.4 Å². The molecule has 2 aromatic carbocycles. The molecule has 7 heteroatoms. The van der Waals surface area contributed by atoms with E-state index >= 15 is 0 Å². The molecule has 0 atom stereocenters. The Hall–Kier alpha value is -5.14. The number of benzene rings is 2. The van der Waals surface area contributed by atoms with E-state index in [-0.39, 0.29) is 5.82 Å². The Morgan fingerprint density at radius 3 is 2.55 bits per heavy atom. The lowest BCUT2D eigenvalue weighted by Gasteiger charge is -2.09. The standard InChI is InChI=1S/C35H31FN6/c1-4-8-30(26-11-22(2)12-29(36)14-26)31-16-33(40-23(31)3)34-32-15-28(21-39-35(32)42-41-34)27-13-25(19-38-20-27)18-37-17-24-9-6-5-7-10-24/h4-16,19-21,37,40H,1,17-18H2,2-3H3,(H,39,41,42)/b30-8-. The average Bonchev–Trinajstić information content (AvgIpc) is 3.59. The molecule has 0 spiro atoms. The maximum absolute atomic E-state index is 14.3. The fraction of sp³-hybridized carbons (Fsp3) is 0.114. The fourth-order valence-electron chi connectivity index (χ4n) is 5.28. The fourth-order valence-corrected chi connectivity index (χ4v) is 5.28. The summed E-state index contributed by atoms with van der Waals surface area (Å²) in [7, 11) is 0. The van der Waals surface area contributed by atoms with E-state index in [0.717, 1.165) is 68.0 Å². The average molecular weight is 555 g/mol. The third-order valence-electron chi connectivity index (χ3n) is 7.25. The predicted molar refractivity (Wildman–Crippen MR) is 167 cm³/mol. The first kappa shape index (κ1) is 27.1. The van der Waals surface area contributed by atoms with E-state index in [1.807, 2.05) is 62.8 Å². The Bertz CT molecular complexity index is 1900. The van der Waals surface area contributed by atoms with Gasteiger partial charge in [-0.3, -0.25) is 10.1 Å². The molecule has 42 heavy (non-hydrogen) atoms. The molecule has 0 fully saturated rings. The third-order valence-corrected chi connectivity index (χ3v) is 7.25.